The van der Waals surface area contributed by atoms with Crippen molar-refractivity contribution < 1.29 is 9.53 Å². The Morgan fingerprint density at radius 2 is 2.31 bits per heavy atom. The van der Waals surface area contributed by atoms with E-state index < -0.39 is 0 Å². The molecule has 1 aromatic rings. The largest absolute Gasteiger partial charge is 0.465 e. The zero-order valence-electron chi connectivity index (χ0n) is 9.94. The highest BCUT2D eigenvalue weighted by atomic mass is 32.1. The molecule has 3 nitrogen and oxygen atoms in total. The van der Waals surface area contributed by atoms with Crippen molar-refractivity contribution in [2.24, 2.45) is 0 Å². The number of hydrogen-bond acceptors (Lipinski definition) is 4. The molecular weight excluding hydrogens is 222 g/mol. The van der Waals surface area contributed by atoms with Crippen molar-refractivity contribution in [3.05, 3.63) is 22.4 Å². The van der Waals surface area contributed by atoms with Crippen molar-refractivity contribution in [3.8, 4) is 0 Å². The van der Waals surface area contributed by atoms with Crippen LogP contribution in [-0.4, -0.2) is 30.6 Å². The van der Waals surface area contributed by atoms with Crippen molar-refractivity contribution in [2.45, 2.75) is 26.8 Å². The third-order valence-electron chi connectivity index (χ3n) is 2.16. The van der Waals surface area contributed by atoms with Gasteiger partial charge in [-0.25, -0.2) is 0 Å². The molecule has 0 aliphatic rings. The predicted octanol–water partition coefficient (Wildman–Crippen LogP) is 2.52. The van der Waals surface area contributed by atoms with Gasteiger partial charge in [0.2, 0.25) is 0 Å². The summed E-state index contributed by atoms with van der Waals surface area (Å²) in [5.41, 5.74) is 0. The van der Waals surface area contributed by atoms with Crippen molar-refractivity contribution in [2.75, 3.05) is 19.7 Å². The molecule has 1 rings (SSSR count). The zero-order valence-corrected chi connectivity index (χ0v) is 10.8. The summed E-state index contributed by atoms with van der Waals surface area (Å²) in [6, 6.07) is 4.13. The van der Waals surface area contributed by atoms with E-state index in [1.54, 1.807) is 11.3 Å². The van der Waals surface area contributed by atoms with E-state index in [-0.39, 0.29) is 5.97 Å². The number of carbonyl (C=O) groups excluding carboxylic acids is 1. The van der Waals surface area contributed by atoms with Gasteiger partial charge in [-0.15, -0.1) is 11.3 Å². The van der Waals surface area contributed by atoms with Crippen molar-refractivity contribution >= 4 is 17.3 Å². The predicted molar refractivity (Wildman–Crippen MR) is 66.5 cm³/mol. The summed E-state index contributed by atoms with van der Waals surface area (Å²) < 4.78 is 4.96. The Labute approximate surface area is 101 Å². The van der Waals surface area contributed by atoms with Gasteiger partial charge >= 0.3 is 5.97 Å². The normalized spacial score (nSPS) is 10.7. The average molecular weight is 241 g/mol. The van der Waals surface area contributed by atoms with Gasteiger partial charge in [-0.05, 0) is 31.3 Å². The van der Waals surface area contributed by atoms with Crippen molar-refractivity contribution in [1.29, 1.82) is 0 Å². The molecular formula is C12H19NO2S. The molecule has 90 valence electrons. The Kier molecular flexibility index (Phi) is 6.11. The van der Waals surface area contributed by atoms with Gasteiger partial charge in [0.1, 0.15) is 0 Å². The Morgan fingerprint density at radius 3 is 2.88 bits per heavy atom. The van der Waals surface area contributed by atoms with Gasteiger partial charge in [-0.2, -0.15) is 0 Å². The maximum atomic E-state index is 11.4. The lowest BCUT2D eigenvalue weighted by molar-refractivity contribution is -0.144. The monoisotopic (exact) mass is 241 g/mol. The Balaban J connectivity index is 2.44. The van der Waals surface area contributed by atoms with Crippen LogP contribution in [0.2, 0.25) is 0 Å². The van der Waals surface area contributed by atoms with E-state index in [1.165, 1.54) is 4.88 Å². The van der Waals surface area contributed by atoms with E-state index in [1.807, 2.05) is 13.0 Å². The van der Waals surface area contributed by atoms with Gasteiger partial charge in [0, 0.05) is 11.4 Å². The summed E-state index contributed by atoms with van der Waals surface area (Å²) >= 11 is 1.72. The highest BCUT2D eigenvalue weighted by Gasteiger charge is 2.11. The van der Waals surface area contributed by atoms with Gasteiger partial charge in [0.05, 0.1) is 13.2 Å². The number of nitrogens with zero attached hydrogens (tertiary/aromatic N) is 1. The first kappa shape index (κ1) is 13.2. The number of hydrogen-bond donors (Lipinski definition) is 0. The van der Waals surface area contributed by atoms with Crippen LogP contribution in [0.3, 0.4) is 0 Å². The van der Waals surface area contributed by atoms with Gasteiger partial charge < -0.3 is 4.74 Å². The highest BCUT2D eigenvalue weighted by Crippen LogP contribution is 2.12. The fourth-order valence-corrected chi connectivity index (χ4v) is 2.29. The van der Waals surface area contributed by atoms with Crippen LogP contribution in [0.25, 0.3) is 0 Å². The third kappa shape index (κ3) is 4.77. The number of carbonyl (C=O) groups is 1. The van der Waals surface area contributed by atoms with Crippen LogP contribution < -0.4 is 0 Å². The molecule has 0 amide bonds. The molecule has 16 heavy (non-hydrogen) atoms. The molecule has 1 heterocycles. The third-order valence-corrected chi connectivity index (χ3v) is 3.02. The number of esters is 1. The summed E-state index contributed by atoms with van der Waals surface area (Å²) in [7, 11) is 0. The number of ether oxygens (including phenoxy) is 1. The average Bonchev–Trinajstić information content (AvgIpc) is 2.71. The maximum absolute atomic E-state index is 11.4. The van der Waals surface area contributed by atoms with Crippen LogP contribution >= 0.6 is 11.3 Å². The first-order chi connectivity index (χ1) is 7.76. The molecule has 1 aromatic heterocycles. The summed E-state index contributed by atoms with van der Waals surface area (Å²) in [6.45, 7) is 6.56. The molecule has 0 atom stereocenters. The van der Waals surface area contributed by atoms with Gasteiger partial charge in [0.25, 0.3) is 0 Å². The molecule has 4 heteroatoms. The van der Waals surface area contributed by atoms with E-state index in [0.29, 0.717) is 13.2 Å². The van der Waals surface area contributed by atoms with Crippen LogP contribution in [0.5, 0.6) is 0 Å². The smallest absolute Gasteiger partial charge is 0.320 e. The summed E-state index contributed by atoms with van der Waals surface area (Å²) in [6.07, 6.45) is 1.05. The summed E-state index contributed by atoms with van der Waals surface area (Å²) in [5, 5.41) is 2.06. The van der Waals surface area contributed by atoms with Gasteiger partial charge in [0.15, 0.2) is 0 Å². The summed E-state index contributed by atoms with van der Waals surface area (Å²) in [5.74, 6) is -0.132. The molecule has 0 N–H and O–H groups in total. The van der Waals surface area contributed by atoms with E-state index in [9.17, 15) is 4.79 Å². The van der Waals surface area contributed by atoms with E-state index in [2.05, 4.69) is 23.3 Å². The lowest BCUT2D eigenvalue weighted by atomic mass is 10.3. The lowest BCUT2D eigenvalue weighted by Gasteiger charge is -2.19. The molecule has 0 fully saturated rings. The lowest BCUT2D eigenvalue weighted by Crippen LogP contribution is -2.31. The second-order valence-corrected chi connectivity index (χ2v) is 4.63. The molecule has 0 aromatic carbocycles. The first-order valence-corrected chi connectivity index (χ1v) is 6.54. The second kappa shape index (κ2) is 7.41. The highest BCUT2D eigenvalue weighted by molar-refractivity contribution is 7.09. The molecule has 0 saturated carbocycles. The molecule has 0 spiro atoms. The van der Waals surface area contributed by atoms with Crippen molar-refractivity contribution in [3.63, 3.8) is 0 Å². The van der Waals surface area contributed by atoms with Gasteiger partial charge in [-0.3, -0.25) is 9.69 Å². The van der Waals surface area contributed by atoms with Crippen LogP contribution in [0.4, 0.5) is 0 Å². The van der Waals surface area contributed by atoms with Crippen LogP contribution in [-0.2, 0) is 16.1 Å². The fraction of sp³-hybridized carbons (Fsp3) is 0.583. The first-order valence-electron chi connectivity index (χ1n) is 5.66. The van der Waals surface area contributed by atoms with E-state index in [0.717, 1.165) is 19.5 Å². The molecule has 0 radical (unpaired) electrons. The topological polar surface area (TPSA) is 29.5 Å². The van der Waals surface area contributed by atoms with Crippen LogP contribution in [0.1, 0.15) is 25.1 Å². The minimum atomic E-state index is -0.132. The van der Waals surface area contributed by atoms with Crippen LogP contribution in [0.15, 0.2) is 17.5 Å². The Hall–Kier alpha value is -0.870. The Morgan fingerprint density at radius 1 is 1.50 bits per heavy atom. The molecule has 0 aliphatic carbocycles. The minimum absolute atomic E-state index is 0.132. The molecule has 0 bridgehead atoms. The quantitative estimate of drug-likeness (QED) is 0.687. The molecule has 0 saturated heterocycles. The molecule has 0 aliphatic heterocycles. The minimum Gasteiger partial charge on any atom is -0.465 e. The van der Waals surface area contributed by atoms with E-state index >= 15 is 0 Å². The maximum Gasteiger partial charge on any atom is 0.320 e. The SMILES string of the molecule is CCCN(CC(=O)OCC)Cc1cccs1. The summed E-state index contributed by atoms with van der Waals surface area (Å²) in [4.78, 5) is 14.8. The zero-order chi connectivity index (χ0) is 11.8. The van der Waals surface area contributed by atoms with Gasteiger partial charge in [-0.1, -0.05) is 13.0 Å². The van der Waals surface area contributed by atoms with Crippen molar-refractivity contribution in [1.82, 2.24) is 4.90 Å². The van der Waals surface area contributed by atoms with E-state index in [4.69, 9.17) is 4.74 Å². The standard InChI is InChI=1S/C12H19NO2S/c1-3-7-13(10-12(14)15-4-2)9-11-6-5-8-16-11/h5-6,8H,3-4,7,9-10H2,1-2H3. The number of rotatable bonds is 7. The van der Waals surface area contributed by atoms with Crippen LogP contribution in [0, 0.1) is 0 Å². The fourth-order valence-electron chi connectivity index (χ4n) is 1.54. The second-order valence-electron chi connectivity index (χ2n) is 3.60. The number of thiophene rings is 1. The molecule has 0 unspecified atom stereocenters. The Bertz CT molecular complexity index is 298.